The van der Waals surface area contributed by atoms with Crippen LogP contribution in [-0.4, -0.2) is 40.0 Å². The van der Waals surface area contributed by atoms with Crippen molar-refractivity contribution in [3.63, 3.8) is 0 Å². The number of aromatic nitrogens is 2. The van der Waals surface area contributed by atoms with Crippen molar-refractivity contribution in [3.05, 3.63) is 51.7 Å². The van der Waals surface area contributed by atoms with E-state index in [0.29, 0.717) is 17.1 Å². The number of pyridine rings is 1. The van der Waals surface area contributed by atoms with E-state index in [-0.39, 0.29) is 0 Å². The molecule has 2 atom stereocenters. The Labute approximate surface area is 158 Å². The molecule has 3 aliphatic rings. The van der Waals surface area contributed by atoms with Gasteiger partial charge in [-0.3, -0.25) is 9.88 Å². The molecule has 2 aromatic heterocycles. The van der Waals surface area contributed by atoms with Gasteiger partial charge in [-0.05, 0) is 46.6 Å². The van der Waals surface area contributed by atoms with Gasteiger partial charge in [-0.25, -0.2) is 0 Å². The molecule has 3 aromatic rings. The Morgan fingerprint density at radius 2 is 2.04 bits per heavy atom. The number of piperazine rings is 1. The van der Waals surface area contributed by atoms with Gasteiger partial charge in [0.1, 0.15) is 5.52 Å². The van der Waals surface area contributed by atoms with Gasteiger partial charge >= 0.3 is 0 Å². The van der Waals surface area contributed by atoms with Crippen LogP contribution in [0.15, 0.2) is 45.4 Å². The van der Waals surface area contributed by atoms with Crippen LogP contribution in [0.3, 0.4) is 0 Å². The third-order valence-corrected chi connectivity index (χ3v) is 5.71. The van der Waals surface area contributed by atoms with Crippen LogP contribution in [0.2, 0.25) is 5.02 Å². The highest BCUT2D eigenvalue weighted by Crippen LogP contribution is 2.38. The molecule has 5 nitrogen and oxygen atoms in total. The van der Waals surface area contributed by atoms with E-state index in [1.165, 1.54) is 6.42 Å². The first-order valence-electron chi connectivity index (χ1n) is 8.33. The van der Waals surface area contributed by atoms with Crippen LogP contribution in [0.1, 0.15) is 12.1 Å². The molecule has 0 radical (unpaired) electrons. The second-order valence-corrected chi connectivity index (χ2v) is 8.07. The van der Waals surface area contributed by atoms with Crippen molar-refractivity contribution < 1.29 is 4.42 Å². The van der Waals surface area contributed by atoms with Crippen LogP contribution in [0.25, 0.3) is 11.1 Å². The molecule has 1 aromatic carbocycles. The van der Waals surface area contributed by atoms with Gasteiger partial charge < -0.3 is 9.32 Å². The number of hydrogen-bond acceptors (Lipinski definition) is 5. The number of halogens is 2. The number of oxazole rings is 1. The highest BCUT2D eigenvalue weighted by molar-refractivity contribution is 9.10. The molecule has 0 aliphatic carbocycles. The topological polar surface area (TPSA) is 45.4 Å². The minimum atomic E-state index is 0.456. The first-order chi connectivity index (χ1) is 12.2. The van der Waals surface area contributed by atoms with Crippen molar-refractivity contribution in [2.24, 2.45) is 0 Å². The molecule has 0 N–H and O–H groups in total. The summed E-state index contributed by atoms with van der Waals surface area (Å²) in [5.41, 5.74) is 2.72. The van der Waals surface area contributed by atoms with Crippen molar-refractivity contribution in [1.29, 1.82) is 0 Å². The summed E-state index contributed by atoms with van der Waals surface area (Å²) in [6, 6.07) is 11.3. The molecule has 128 valence electrons. The summed E-state index contributed by atoms with van der Waals surface area (Å²) in [7, 11) is 0. The van der Waals surface area contributed by atoms with Crippen molar-refractivity contribution in [3.8, 4) is 0 Å². The monoisotopic (exact) mass is 418 g/mol. The molecule has 0 saturated carbocycles. The smallest absolute Gasteiger partial charge is 0.298 e. The summed E-state index contributed by atoms with van der Waals surface area (Å²) in [4.78, 5) is 13.9. The van der Waals surface area contributed by atoms with E-state index >= 15 is 0 Å². The van der Waals surface area contributed by atoms with Gasteiger partial charge in [-0.2, -0.15) is 4.98 Å². The molecule has 3 saturated heterocycles. The maximum absolute atomic E-state index is 6.04. The molecule has 0 amide bonds. The number of rotatable bonds is 3. The number of benzene rings is 1. The van der Waals surface area contributed by atoms with Crippen LogP contribution in [0.4, 0.5) is 6.01 Å². The number of hydrogen-bond donors (Lipinski definition) is 0. The second kappa shape index (κ2) is 5.97. The fourth-order valence-corrected chi connectivity index (χ4v) is 4.26. The largest absolute Gasteiger partial charge is 0.423 e. The van der Waals surface area contributed by atoms with Gasteiger partial charge in [0, 0.05) is 53.5 Å². The Kier molecular flexibility index (Phi) is 3.73. The molecule has 3 aliphatic heterocycles. The van der Waals surface area contributed by atoms with E-state index in [0.717, 1.165) is 46.9 Å². The summed E-state index contributed by atoms with van der Waals surface area (Å²) in [5, 5.41) is 0.673. The fourth-order valence-electron chi connectivity index (χ4n) is 3.86. The van der Waals surface area contributed by atoms with Crippen molar-refractivity contribution >= 4 is 44.6 Å². The molecule has 7 heteroatoms. The summed E-state index contributed by atoms with van der Waals surface area (Å²) in [6.07, 6.45) is 3.06. The molecular formula is C18H16BrClN4O. The first kappa shape index (κ1) is 15.6. The average Bonchev–Trinajstić information content (AvgIpc) is 2.99. The lowest BCUT2D eigenvalue weighted by Crippen LogP contribution is -2.68. The SMILES string of the molecule is Clc1ccc2nc(N3C4CC3CN(Cc3ccc(Br)cn3)C4)oc2c1. The molecule has 3 fully saturated rings. The van der Waals surface area contributed by atoms with Gasteiger partial charge in [0.25, 0.3) is 6.01 Å². The summed E-state index contributed by atoms with van der Waals surface area (Å²) < 4.78 is 6.96. The highest BCUT2D eigenvalue weighted by atomic mass is 79.9. The predicted octanol–water partition coefficient (Wildman–Crippen LogP) is 4.10. The highest BCUT2D eigenvalue weighted by Gasteiger charge is 2.46. The number of fused-ring (bicyclic) bond motifs is 3. The van der Waals surface area contributed by atoms with Crippen molar-refractivity contribution in [2.45, 2.75) is 25.0 Å². The van der Waals surface area contributed by atoms with Gasteiger partial charge in [-0.1, -0.05) is 11.6 Å². The Balaban J connectivity index is 1.31. The van der Waals surface area contributed by atoms with Gasteiger partial charge in [0.15, 0.2) is 5.58 Å². The third-order valence-electron chi connectivity index (χ3n) is 5.00. The minimum Gasteiger partial charge on any atom is -0.423 e. The molecule has 2 bridgehead atoms. The van der Waals surface area contributed by atoms with Gasteiger partial charge in [0.2, 0.25) is 0 Å². The Morgan fingerprint density at radius 1 is 1.20 bits per heavy atom. The predicted molar refractivity (Wildman–Crippen MR) is 101 cm³/mol. The normalized spacial score (nSPS) is 23.0. The van der Waals surface area contributed by atoms with E-state index in [1.807, 2.05) is 30.5 Å². The molecule has 2 unspecified atom stereocenters. The van der Waals surface area contributed by atoms with Crippen LogP contribution in [-0.2, 0) is 6.54 Å². The first-order valence-corrected chi connectivity index (χ1v) is 9.50. The molecule has 25 heavy (non-hydrogen) atoms. The second-order valence-electron chi connectivity index (χ2n) is 6.72. The number of nitrogens with zero attached hydrogens (tertiary/aromatic N) is 4. The fraction of sp³-hybridized carbons (Fsp3) is 0.333. The van der Waals surface area contributed by atoms with Crippen molar-refractivity contribution in [1.82, 2.24) is 14.9 Å². The van der Waals surface area contributed by atoms with E-state index in [2.05, 4.69) is 41.8 Å². The van der Waals surface area contributed by atoms with Crippen LogP contribution < -0.4 is 4.90 Å². The Bertz CT molecular complexity index is 916. The van der Waals surface area contributed by atoms with E-state index < -0.39 is 0 Å². The van der Waals surface area contributed by atoms with Crippen LogP contribution >= 0.6 is 27.5 Å². The van der Waals surface area contributed by atoms with Gasteiger partial charge in [-0.15, -0.1) is 0 Å². The average molecular weight is 420 g/mol. The molecular weight excluding hydrogens is 404 g/mol. The van der Waals surface area contributed by atoms with E-state index in [4.69, 9.17) is 16.0 Å². The summed E-state index contributed by atoms with van der Waals surface area (Å²) in [6.45, 7) is 2.90. The quantitative estimate of drug-likeness (QED) is 0.639. The molecule has 0 spiro atoms. The molecule has 5 heterocycles. The minimum absolute atomic E-state index is 0.456. The zero-order chi connectivity index (χ0) is 17.0. The number of piperidine rings is 1. The van der Waals surface area contributed by atoms with Crippen LogP contribution in [0, 0.1) is 0 Å². The zero-order valence-corrected chi connectivity index (χ0v) is 15.7. The number of anilines is 1. The lowest BCUT2D eigenvalue weighted by Gasteiger charge is -2.55. The lowest BCUT2D eigenvalue weighted by atomic mass is 9.88. The maximum atomic E-state index is 6.04. The van der Waals surface area contributed by atoms with Crippen LogP contribution in [0.5, 0.6) is 0 Å². The van der Waals surface area contributed by atoms with Gasteiger partial charge in [0.05, 0.1) is 5.69 Å². The maximum Gasteiger partial charge on any atom is 0.298 e. The van der Waals surface area contributed by atoms with Crippen molar-refractivity contribution in [2.75, 3.05) is 18.0 Å². The summed E-state index contributed by atoms with van der Waals surface area (Å²) in [5.74, 6) is 0. The Morgan fingerprint density at radius 3 is 2.80 bits per heavy atom. The molecule has 6 rings (SSSR count). The summed E-state index contributed by atoms with van der Waals surface area (Å²) >= 11 is 9.47. The lowest BCUT2D eigenvalue weighted by molar-refractivity contribution is 0.102. The standard InChI is InChI=1S/C18H16BrClN4O/c19-11-1-3-13(21-7-11)8-23-9-14-6-15(10-23)24(14)18-22-16-4-2-12(20)5-17(16)25-18/h1-5,7,14-15H,6,8-10H2. The third kappa shape index (κ3) is 2.82. The van der Waals surface area contributed by atoms with E-state index in [1.54, 1.807) is 0 Å². The Hall–Kier alpha value is -1.63. The van der Waals surface area contributed by atoms with E-state index in [9.17, 15) is 0 Å². The zero-order valence-electron chi connectivity index (χ0n) is 13.4.